The first-order valence-electron chi connectivity index (χ1n) is 5.54. The Balaban J connectivity index is 2.88. The second kappa shape index (κ2) is 6.53. The Labute approximate surface area is 108 Å². The number of rotatable bonds is 6. The van der Waals surface area contributed by atoms with Gasteiger partial charge in [0, 0.05) is 6.08 Å². The molecule has 19 heavy (non-hydrogen) atoms. The Hall–Kier alpha value is -2.37. The van der Waals surface area contributed by atoms with E-state index in [4.69, 9.17) is 14.9 Å². The number of halogens is 1. The van der Waals surface area contributed by atoms with Crippen LogP contribution in [-0.2, 0) is 9.59 Å². The van der Waals surface area contributed by atoms with Gasteiger partial charge in [-0.2, -0.15) is 0 Å². The first-order valence-corrected chi connectivity index (χ1v) is 5.54. The van der Waals surface area contributed by atoms with Crippen LogP contribution in [0.25, 0.3) is 6.08 Å². The SMILES string of the molecule is CCC(Oc1ccc(/C=C/C(=O)O)cc1F)C(=O)O. The lowest BCUT2D eigenvalue weighted by Gasteiger charge is -2.13. The van der Waals surface area contributed by atoms with E-state index in [0.717, 1.165) is 12.1 Å². The lowest BCUT2D eigenvalue weighted by molar-refractivity contribution is -0.145. The van der Waals surface area contributed by atoms with Crippen molar-refractivity contribution in [2.45, 2.75) is 19.4 Å². The summed E-state index contributed by atoms with van der Waals surface area (Å²) >= 11 is 0. The molecule has 1 aromatic rings. The van der Waals surface area contributed by atoms with Gasteiger partial charge in [0.25, 0.3) is 0 Å². The van der Waals surface area contributed by atoms with Crippen LogP contribution in [0.3, 0.4) is 0 Å². The minimum atomic E-state index is -1.17. The van der Waals surface area contributed by atoms with Gasteiger partial charge in [-0.1, -0.05) is 13.0 Å². The maximum absolute atomic E-state index is 13.6. The normalized spacial score (nSPS) is 12.3. The van der Waals surface area contributed by atoms with E-state index in [2.05, 4.69) is 0 Å². The number of carbonyl (C=O) groups is 2. The maximum Gasteiger partial charge on any atom is 0.344 e. The molecule has 0 heterocycles. The van der Waals surface area contributed by atoms with Crippen LogP contribution < -0.4 is 4.74 Å². The van der Waals surface area contributed by atoms with Gasteiger partial charge in [-0.3, -0.25) is 0 Å². The zero-order valence-electron chi connectivity index (χ0n) is 10.2. The number of carboxylic acid groups (broad SMARTS) is 2. The van der Waals surface area contributed by atoms with Gasteiger partial charge < -0.3 is 14.9 Å². The molecule has 0 aromatic heterocycles. The molecule has 0 saturated carbocycles. The molecule has 1 rings (SSSR count). The Bertz CT molecular complexity index is 510. The van der Waals surface area contributed by atoms with Gasteiger partial charge in [0.1, 0.15) is 0 Å². The van der Waals surface area contributed by atoms with Crippen molar-refractivity contribution in [1.82, 2.24) is 0 Å². The van der Waals surface area contributed by atoms with Gasteiger partial charge in [0.05, 0.1) is 0 Å². The lowest BCUT2D eigenvalue weighted by atomic mass is 10.2. The van der Waals surface area contributed by atoms with E-state index < -0.39 is 23.9 Å². The Kier molecular flexibility index (Phi) is 5.05. The van der Waals surface area contributed by atoms with Crippen LogP contribution in [0.4, 0.5) is 4.39 Å². The van der Waals surface area contributed by atoms with E-state index in [1.807, 2.05) is 0 Å². The van der Waals surface area contributed by atoms with E-state index in [-0.39, 0.29) is 12.2 Å². The van der Waals surface area contributed by atoms with Gasteiger partial charge in [0.15, 0.2) is 17.7 Å². The number of hydrogen-bond donors (Lipinski definition) is 2. The highest BCUT2D eigenvalue weighted by Crippen LogP contribution is 2.21. The summed E-state index contributed by atoms with van der Waals surface area (Å²) in [5.74, 6) is -3.23. The molecule has 0 saturated heterocycles. The maximum atomic E-state index is 13.6. The number of ether oxygens (including phenoxy) is 1. The number of benzene rings is 1. The fourth-order valence-corrected chi connectivity index (χ4v) is 1.35. The summed E-state index contributed by atoms with van der Waals surface area (Å²) in [5.41, 5.74) is 0.343. The molecule has 0 spiro atoms. The molecule has 0 radical (unpaired) electrons. The fraction of sp³-hybridized carbons (Fsp3) is 0.231. The molecule has 0 aliphatic rings. The van der Waals surface area contributed by atoms with Crippen molar-refractivity contribution in [3.05, 3.63) is 35.7 Å². The molecule has 1 atom stereocenters. The average molecular weight is 268 g/mol. The monoisotopic (exact) mass is 268 g/mol. The highest BCUT2D eigenvalue weighted by Gasteiger charge is 2.18. The van der Waals surface area contributed by atoms with E-state index in [1.54, 1.807) is 6.92 Å². The Morgan fingerprint density at radius 1 is 1.42 bits per heavy atom. The predicted molar refractivity (Wildman–Crippen MR) is 65.4 cm³/mol. The summed E-state index contributed by atoms with van der Waals surface area (Å²) in [6, 6.07) is 3.78. The molecule has 102 valence electrons. The summed E-state index contributed by atoms with van der Waals surface area (Å²) in [4.78, 5) is 21.1. The average Bonchev–Trinajstić information content (AvgIpc) is 2.34. The molecule has 1 aromatic carbocycles. The third kappa shape index (κ3) is 4.42. The summed E-state index contributed by atoms with van der Waals surface area (Å²) in [7, 11) is 0. The molecule has 0 fully saturated rings. The minimum Gasteiger partial charge on any atom is -0.479 e. The van der Waals surface area contributed by atoms with Crippen molar-refractivity contribution in [3.63, 3.8) is 0 Å². The Morgan fingerprint density at radius 2 is 2.11 bits per heavy atom. The molecular formula is C13H13FO5. The highest BCUT2D eigenvalue weighted by atomic mass is 19.1. The summed E-state index contributed by atoms with van der Waals surface area (Å²) in [6.07, 6.45) is 1.19. The summed E-state index contributed by atoms with van der Waals surface area (Å²) < 4.78 is 18.7. The molecular weight excluding hydrogens is 255 g/mol. The molecule has 2 N–H and O–H groups in total. The number of hydrogen-bond acceptors (Lipinski definition) is 3. The number of aliphatic carboxylic acids is 2. The van der Waals surface area contributed by atoms with Crippen LogP contribution in [0, 0.1) is 5.82 Å². The van der Waals surface area contributed by atoms with Crippen LogP contribution in [0.15, 0.2) is 24.3 Å². The summed E-state index contributed by atoms with van der Waals surface area (Å²) in [6.45, 7) is 1.61. The van der Waals surface area contributed by atoms with Gasteiger partial charge >= 0.3 is 11.9 Å². The first kappa shape index (κ1) is 14.7. The largest absolute Gasteiger partial charge is 0.479 e. The smallest absolute Gasteiger partial charge is 0.344 e. The molecule has 1 unspecified atom stereocenters. The van der Waals surface area contributed by atoms with Gasteiger partial charge in [-0.05, 0) is 30.2 Å². The van der Waals surface area contributed by atoms with E-state index in [0.29, 0.717) is 5.56 Å². The molecule has 5 nitrogen and oxygen atoms in total. The second-order valence-electron chi connectivity index (χ2n) is 3.71. The lowest BCUT2D eigenvalue weighted by Crippen LogP contribution is -2.26. The highest BCUT2D eigenvalue weighted by molar-refractivity contribution is 5.85. The standard InChI is InChI=1S/C13H13FO5/c1-2-10(13(17)18)19-11-5-3-8(7-9(11)14)4-6-12(15)16/h3-7,10H,2H2,1H3,(H,15,16)(H,17,18)/b6-4+. The van der Waals surface area contributed by atoms with Crippen molar-refractivity contribution >= 4 is 18.0 Å². The van der Waals surface area contributed by atoms with Crippen molar-refractivity contribution in [2.24, 2.45) is 0 Å². The van der Waals surface area contributed by atoms with E-state index in [9.17, 15) is 14.0 Å². The summed E-state index contributed by atoms with van der Waals surface area (Å²) in [5, 5.41) is 17.2. The molecule has 0 aliphatic heterocycles. The van der Waals surface area contributed by atoms with Crippen LogP contribution >= 0.6 is 0 Å². The third-order valence-electron chi connectivity index (χ3n) is 2.29. The van der Waals surface area contributed by atoms with E-state index >= 15 is 0 Å². The minimum absolute atomic E-state index is 0.179. The van der Waals surface area contributed by atoms with Gasteiger partial charge in [-0.25, -0.2) is 14.0 Å². The quantitative estimate of drug-likeness (QED) is 0.772. The van der Waals surface area contributed by atoms with Crippen LogP contribution in [0.5, 0.6) is 5.75 Å². The molecule has 0 aliphatic carbocycles. The fourth-order valence-electron chi connectivity index (χ4n) is 1.35. The number of carboxylic acids is 2. The van der Waals surface area contributed by atoms with Crippen molar-refractivity contribution in [2.75, 3.05) is 0 Å². The van der Waals surface area contributed by atoms with Gasteiger partial charge in [0.2, 0.25) is 0 Å². The Morgan fingerprint density at radius 3 is 2.58 bits per heavy atom. The van der Waals surface area contributed by atoms with Crippen molar-refractivity contribution < 1.29 is 28.9 Å². The van der Waals surface area contributed by atoms with Crippen LogP contribution in [-0.4, -0.2) is 28.3 Å². The first-order chi connectivity index (χ1) is 8.93. The molecule has 6 heteroatoms. The van der Waals surface area contributed by atoms with Crippen molar-refractivity contribution in [1.29, 1.82) is 0 Å². The second-order valence-corrected chi connectivity index (χ2v) is 3.71. The molecule has 0 bridgehead atoms. The van der Waals surface area contributed by atoms with E-state index in [1.165, 1.54) is 18.2 Å². The molecule has 0 amide bonds. The van der Waals surface area contributed by atoms with Crippen LogP contribution in [0.2, 0.25) is 0 Å². The van der Waals surface area contributed by atoms with Gasteiger partial charge in [-0.15, -0.1) is 0 Å². The van der Waals surface area contributed by atoms with Crippen molar-refractivity contribution in [3.8, 4) is 5.75 Å². The predicted octanol–water partition coefficient (Wildman–Crippen LogP) is 2.17. The third-order valence-corrected chi connectivity index (χ3v) is 2.29. The zero-order valence-corrected chi connectivity index (χ0v) is 10.2. The zero-order chi connectivity index (χ0) is 14.4. The topological polar surface area (TPSA) is 83.8 Å². The van der Waals surface area contributed by atoms with Crippen LogP contribution in [0.1, 0.15) is 18.9 Å².